The summed E-state index contributed by atoms with van der Waals surface area (Å²) in [5.41, 5.74) is -0.326. The number of terminal acetylenes is 1. The van der Waals surface area contributed by atoms with Gasteiger partial charge in [0.1, 0.15) is 5.75 Å². The van der Waals surface area contributed by atoms with Gasteiger partial charge in [-0.05, 0) is 24.3 Å². The van der Waals surface area contributed by atoms with Crippen LogP contribution in [-0.2, 0) is 0 Å². The Kier molecular flexibility index (Phi) is 1.94. The first kappa shape index (κ1) is 8.47. The molecule has 1 aromatic carbocycles. The smallest absolute Gasteiger partial charge is 0.169 e. The molecular formula is C11H9ClO. The second kappa shape index (κ2) is 2.97. The molecule has 0 aliphatic heterocycles. The monoisotopic (exact) mass is 192 g/mol. The standard InChI is InChI=1S/C11H9ClO/c1-2-11(7-8-11)13-10-5-3-9(12)4-6-10/h1,3-6H,7-8H2. The quantitative estimate of drug-likeness (QED) is 0.655. The van der Waals surface area contributed by atoms with Crippen molar-refractivity contribution < 1.29 is 4.74 Å². The van der Waals surface area contributed by atoms with Crippen molar-refractivity contribution in [2.24, 2.45) is 0 Å². The van der Waals surface area contributed by atoms with Gasteiger partial charge >= 0.3 is 0 Å². The SMILES string of the molecule is C#CC1(Oc2ccc(Cl)cc2)CC1. The first-order chi connectivity index (χ1) is 6.24. The largest absolute Gasteiger partial charge is 0.475 e. The van der Waals surface area contributed by atoms with Crippen molar-refractivity contribution in [2.75, 3.05) is 0 Å². The minimum Gasteiger partial charge on any atom is -0.475 e. The molecule has 0 aromatic heterocycles. The molecule has 13 heavy (non-hydrogen) atoms. The molecule has 0 N–H and O–H groups in total. The van der Waals surface area contributed by atoms with Crippen molar-refractivity contribution in [1.29, 1.82) is 0 Å². The van der Waals surface area contributed by atoms with E-state index < -0.39 is 0 Å². The molecule has 0 atom stereocenters. The third-order valence-corrected chi connectivity index (χ3v) is 2.35. The van der Waals surface area contributed by atoms with Gasteiger partial charge in [-0.15, -0.1) is 6.42 Å². The van der Waals surface area contributed by atoms with E-state index in [1.165, 1.54) is 0 Å². The highest BCUT2D eigenvalue weighted by molar-refractivity contribution is 6.30. The molecule has 1 aliphatic rings. The van der Waals surface area contributed by atoms with Gasteiger partial charge in [-0.2, -0.15) is 0 Å². The van der Waals surface area contributed by atoms with E-state index in [-0.39, 0.29) is 5.60 Å². The van der Waals surface area contributed by atoms with Crippen molar-refractivity contribution >= 4 is 11.6 Å². The Bertz CT molecular complexity index is 343. The highest BCUT2D eigenvalue weighted by Gasteiger charge is 2.43. The number of benzene rings is 1. The molecule has 0 amide bonds. The predicted molar refractivity (Wildman–Crippen MR) is 52.9 cm³/mol. The lowest BCUT2D eigenvalue weighted by molar-refractivity contribution is 0.240. The molecular weight excluding hydrogens is 184 g/mol. The Morgan fingerprint density at radius 1 is 1.31 bits per heavy atom. The zero-order chi connectivity index (χ0) is 9.31. The summed E-state index contributed by atoms with van der Waals surface area (Å²) >= 11 is 5.74. The lowest BCUT2D eigenvalue weighted by atomic mass is 10.3. The molecule has 1 aromatic rings. The van der Waals surface area contributed by atoms with Gasteiger partial charge in [-0.25, -0.2) is 0 Å². The topological polar surface area (TPSA) is 9.23 Å². The zero-order valence-corrected chi connectivity index (χ0v) is 7.84. The van der Waals surface area contributed by atoms with Gasteiger partial charge < -0.3 is 4.74 Å². The van der Waals surface area contributed by atoms with Crippen molar-refractivity contribution in [3.63, 3.8) is 0 Å². The normalized spacial score (nSPS) is 17.5. The lowest BCUT2D eigenvalue weighted by Crippen LogP contribution is -2.14. The summed E-state index contributed by atoms with van der Waals surface area (Å²) in [5.74, 6) is 3.45. The second-order valence-corrected chi connectivity index (χ2v) is 3.63. The summed E-state index contributed by atoms with van der Waals surface area (Å²) in [6.45, 7) is 0. The van der Waals surface area contributed by atoms with E-state index in [0.29, 0.717) is 5.02 Å². The van der Waals surface area contributed by atoms with Crippen LogP contribution in [0.2, 0.25) is 5.02 Å². The highest BCUT2D eigenvalue weighted by Crippen LogP contribution is 2.39. The Hall–Kier alpha value is -1.13. The van der Waals surface area contributed by atoms with Gasteiger partial charge in [-0.1, -0.05) is 17.5 Å². The van der Waals surface area contributed by atoms with Crippen LogP contribution in [0.15, 0.2) is 24.3 Å². The lowest BCUT2D eigenvalue weighted by Gasteiger charge is -2.11. The zero-order valence-electron chi connectivity index (χ0n) is 7.09. The van der Waals surface area contributed by atoms with Crippen molar-refractivity contribution in [3.8, 4) is 18.1 Å². The molecule has 1 nitrogen and oxygen atoms in total. The Labute approximate surface area is 82.7 Å². The second-order valence-electron chi connectivity index (χ2n) is 3.19. The maximum absolute atomic E-state index is 5.74. The molecule has 0 spiro atoms. The fourth-order valence-electron chi connectivity index (χ4n) is 1.12. The predicted octanol–water partition coefficient (Wildman–Crippen LogP) is 2.88. The summed E-state index contributed by atoms with van der Waals surface area (Å²) in [7, 11) is 0. The molecule has 0 heterocycles. The molecule has 66 valence electrons. The number of ether oxygens (including phenoxy) is 1. The van der Waals surface area contributed by atoms with Crippen LogP contribution < -0.4 is 4.74 Å². The summed E-state index contributed by atoms with van der Waals surface area (Å²) in [4.78, 5) is 0. The van der Waals surface area contributed by atoms with E-state index in [0.717, 1.165) is 18.6 Å². The highest BCUT2D eigenvalue weighted by atomic mass is 35.5. The Morgan fingerprint density at radius 2 is 1.92 bits per heavy atom. The maximum Gasteiger partial charge on any atom is 0.169 e. The van der Waals surface area contributed by atoms with E-state index in [2.05, 4.69) is 5.92 Å². The number of halogens is 1. The third kappa shape index (κ3) is 1.79. The van der Waals surface area contributed by atoms with Gasteiger partial charge in [0.25, 0.3) is 0 Å². The molecule has 0 bridgehead atoms. The van der Waals surface area contributed by atoms with Crippen LogP contribution in [0.5, 0.6) is 5.75 Å². The van der Waals surface area contributed by atoms with E-state index in [4.69, 9.17) is 22.8 Å². The van der Waals surface area contributed by atoms with Crippen LogP contribution in [0.1, 0.15) is 12.8 Å². The summed E-state index contributed by atoms with van der Waals surface area (Å²) < 4.78 is 5.62. The Balaban J connectivity index is 2.11. The van der Waals surface area contributed by atoms with Crippen LogP contribution in [0.25, 0.3) is 0 Å². The number of hydrogen-bond donors (Lipinski definition) is 0. The molecule has 1 aliphatic carbocycles. The number of hydrogen-bond acceptors (Lipinski definition) is 1. The van der Waals surface area contributed by atoms with Gasteiger partial charge in [0, 0.05) is 17.9 Å². The van der Waals surface area contributed by atoms with Crippen LogP contribution in [0.4, 0.5) is 0 Å². The first-order valence-electron chi connectivity index (χ1n) is 4.16. The molecule has 0 unspecified atom stereocenters. The average Bonchev–Trinajstić information content (AvgIpc) is 2.90. The van der Waals surface area contributed by atoms with E-state index >= 15 is 0 Å². The fourth-order valence-corrected chi connectivity index (χ4v) is 1.24. The van der Waals surface area contributed by atoms with Crippen molar-refractivity contribution in [2.45, 2.75) is 18.4 Å². The molecule has 2 heteroatoms. The van der Waals surface area contributed by atoms with Crippen LogP contribution in [0, 0.1) is 12.3 Å². The maximum atomic E-state index is 5.74. The molecule has 1 saturated carbocycles. The minimum atomic E-state index is -0.326. The number of rotatable bonds is 2. The van der Waals surface area contributed by atoms with Crippen molar-refractivity contribution in [3.05, 3.63) is 29.3 Å². The van der Waals surface area contributed by atoms with Gasteiger partial charge in [-0.3, -0.25) is 0 Å². The molecule has 0 saturated heterocycles. The van der Waals surface area contributed by atoms with Gasteiger partial charge in [0.2, 0.25) is 0 Å². The summed E-state index contributed by atoms with van der Waals surface area (Å²) in [5, 5.41) is 0.706. The summed E-state index contributed by atoms with van der Waals surface area (Å²) in [6.07, 6.45) is 7.25. The van der Waals surface area contributed by atoms with Crippen molar-refractivity contribution in [1.82, 2.24) is 0 Å². The summed E-state index contributed by atoms with van der Waals surface area (Å²) in [6, 6.07) is 7.26. The van der Waals surface area contributed by atoms with E-state index in [1.54, 1.807) is 12.1 Å². The average molecular weight is 193 g/mol. The third-order valence-electron chi connectivity index (χ3n) is 2.09. The van der Waals surface area contributed by atoms with Crippen LogP contribution in [-0.4, -0.2) is 5.60 Å². The fraction of sp³-hybridized carbons (Fsp3) is 0.273. The molecule has 1 fully saturated rings. The molecule has 2 rings (SSSR count). The van der Waals surface area contributed by atoms with Crippen LogP contribution in [0.3, 0.4) is 0 Å². The van der Waals surface area contributed by atoms with E-state index in [1.807, 2.05) is 12.1 Å². The van der Waals surface area contributed by atoms with Crippen LogP contribution >= 0.6 is 11.6 Å². The van der Waals surface area contributed by atoms with Gasteiger partial charge in [0.05, 0.1) is 0 Å². The molecule has 0 radical (unpaired) electrons. The Morgan fingerprint density at radius 3 is 2.38 bits per heavy atom. The minimum absolute atomic E-state index is 0.326. The first-order valence-corrected chi connectivity index (χ1v) is 4.54. The van der Waals surface area contributed by atoms with Gasteiger partial charge in [0.15, 0.2) is 5.60 Å². The van der Waals surface area contributed by atoms with E-state index in [9.17, 15) is 0 Å².